The van der Waals surface area contributed by atoms with E-state index < -0.39 is 17.8 Å². The van der Waals surface area contributed by atoms with Gasteiger partial charge in [-0.05, 0) is 56.7 Å². The number of hydrogen-bond acceptors (Lipinski definition) is 5. The van der Waals surface area contributed by atoms with Gasteiger partial charge in [0.15, 0.2) is 0 Å². The lowest BCUT2D eigenvalue weighted by Crippen LogP contribution is -2.56. The van der Waals surface area contributed by atoms with Gasteiger partial charge in [0.2, 0.25) is 0 Å². The quantitative estimate of drug-likeness (QED) is 0.530. The Bertz CT molecular complexity index is 1240. The van der Waals surface area contributed by atoms with Crippen LogP contribution in [0.5, 0.6) is 0 Å². The van der Waals surface area contributed by atoms with Crippen molar-refractivity contribution in [3.63, 3.8) is 0 Å². The van der Waals surface area contributed by atoms with Crippen molar-refractivity contribution in [2.45, 2.75) is 32.9 Å². The van der Waals surface area contributed by atoms with E-state index >= 15 is 0 Å². The van der Waals surface area contributed by atoms with Gasteiger partial charge in [-0.3, -0.25) is 14.6 Å². The molecule has 2 aliphatic rings. The molecule has 1 fully saturated rings. The Kier molecular flexibility index (Phi) is 8.69. The molecule has 0 spiro atoms. The molecule has 4 rings (SSSR count). The second-order valence-corrected chi connectivity index (χ2v) is 9.79. The summed E-state index contributed by atoms with van der Waals surface area (Å²) in [6.07, 6.45) is 0. The number of amides is 3. The van der Waals surface area contributed by atoms with Crippen molar-refractivity contribution in [2.24, 2.45) is 0 Å². The summed E-state index contributed by atoms with van der Waals surface area (Å²) in [6, 6.07) is 11.5. The van der Waals surface area contributed by atoms with Crippen molar-refractivity contribution in [1.29, 1.82) is 0 Å². The molecule has 2 heterocycles. The van der Waals surface area contributed by atoms with Gasteiger partial charge in [0.25, 0.3) is 5.91 Å². The Morgan fingerprint density at radius 3 is 2.50 bits per heavy atom. The predicted molar refractivity (Wildman–Crippen MR) is 142 cm³/mol. The van der Waals surface area contributed by atoms with Gasteiger partial charge in [-0.25, -0.2) is 14.0 Å². The second kappa shape index (κ2) is 12.0. The Morgan fingerprint density at radius 1 is 1.13 bits per heavy atom. The molecular weight excluding hydrogens is 511 g/mol. The van der Waals surface area contributed by atoms with Gasteiger partial charge < -0.3 is 15.0 Å². The first-order valence-corrected chi connectivity index (χ1v) is 13.1. The summed E-state index contributed by atoms with van der Waals surface area (Å²) in [6.45, 7) is 7.89. The molecule has 0 unspecified atom stereocenters. The number of carbonyl (C=O) groups is 3. The van der Waals surface area contributed by atoms with Gasteiger partial charge in [0.1, 0.15) is 5.82 Å². The first kappa shape index (κ1) is 27.6. The molecule has 0 aliphatic carbocycles. The first-order chi connectivity index (χ1) is 18.2. The highest BCUT2D eigenvalue weighted by atomic mass is 35.5. The number of halogens is 2. The molecular formula is C28H32ClFN4O4. The highest BCUT2D eigenvalue weighted by Crippen LogP contribution is 2.33. The number of nitrogens with zero attached hydrogens (tertiary/aromatic N) is 3. The highest BCUT2D eigenvalue weighted by molar-refractivity contribution is 6.30. The fourth-order valence-electron chi connectivity index (χ4n) is 5.04. The average Bonchev–Trinajstić information content (AvgIpc) is 2.89. The maximum absolute atomic E-state index is 13.7. The lowest BCUT2D eigenvalue weighted by Gasteiger charge is -2.43. The third-order valence-electron chi connectivity index (χ3n) is 6.87. The summed E-state index contributed by atoms with van der Waals surface area (Å²) in [7, 11) is 0. The van der Waals surface area contributed by atoms with Crippen LogP contribution in [0, 0.1) is 5.82 Å². The van der Waals surface area contributed by atoms with Crippen LogP contribution in [-0.4, -0.2) is 78.0 Å². The molecule has 8 nitrogen and oxygen atoms in total. The zero-order valence-corrected chi connectivity index (χ0v) is 22.5. The van der Waals surface area contributed by atoms with Crippen LogP contribution in [-0.2, 0) is 9.53 Å². The van der Waals surface area contributed by atoms with E-state index in [-0.39, 0.29) is 24.6 Å². The number of nitrogens with one attached hydrogen (secondary N) is 1. The van der Waals surface area contributed by atoms with Gasteiger partial charge in [0, 0.05) is 55.0 Å². The maximum Gasteiger partial charge on any atom is 0.338 e. The molecule has 2 aromatic rings. The van der Waals surface area contributed by atoms with Crippen molar-refractivity contribution in [3.8, 4) is 0 Å². The zero-order valence-electron chi connectivity index (χ0n) is 21.7. The number of carbonyl (C=O) groups excluding carboxylic acids is 3. The molecule has 0 radical (unpaired) electrons. The summed E-state index contributed by atoms with van der Waals surface area (Å²) >= 11 is 6.07. The van der Waals surface area contributed by atoms with E-state index in [2.05, 4.69) is 10.2 Å². The number of piperazine rings is 1. The Labute approximate surface area is 227 Å². The van der Waals surface area contributed by atoms with E-state index in [4.69, 9.17) is 16.3 Å². The Hall–Kier alpha value is -3.43. The smallest absolute Gasteiger partial charge is 0.338 e. The number of benzene rings is 2. The molecule has 3 amide bonds. The van der Waals surface area contributed by atoms with Crippen LogP contribution in [0.15, 0.2) is 59.8 Å². The summed E-state index contributed by atoms with van der Waals surface area (Å²) in [5.41, 5.74) is 1.98. The van der Waals surface area contributed by atoms with Crippen LogP contribution >= 0.6 is 11.6 Å². The van der Waals surface area contributed by atoms with Gasteiger partial charge >= 0.3 is 12.0 Å². The third-order valence-corrected chi connectivity index (χ3v) is 7.12. The molecule has 2 aliphatic heterocycles. The molecule has 1 saturated heterocycles. The van der Waals surface area contributed by atoms with Crippen LogP contribution in [0.25, 0.3) is 0 Å². The van der Waals surface area contributed by atoms with E-state index in [1.165, 1.54) is 18.2 Å². The molecule has 0 saturated carbocycles. The molecule has 0 aromatic heterocycles. The van der Waals surface area contributed by atoms with Crippen molar-refractivity contribution in [2.75, 3.05) is 39.3 Å². The minimum Gasteiger partial charge on any atom is -0.463 e. The van der Waals surface area contributed by atoms with Crippen molar-refractivity contribution in [1.82, 2.24) is 20.0 Å². The van der Waals surface area contributed by atoms with Gasteiger partial charge in [-0.1, -0.05) is 29.8 Å². The Morgan fingerprint density at radius 2 is 1.87 bits per heavy atom. The van der Waals surface area contributed by atoms with Crippen LogP contribution in [0.1, 0.15) is 42.7 Å². The van der Waals surface area contributed by atoms with Crippen molar-refractivity contribution < 1.29 is 23.5 Å². The number of esters is 1. The number of rotatable bonds is 7. The van der Waals surface area contributed by atoms with Crippen molar-refractivity contribution >= 4 is 29.5 Å². The summed E-state index contributed by atoms with van der Waals surface area (Å²) in [5.74, 6) is -1.17. The summed E-state index contributed by atoms with van der Waals surface area (Å²) in [4.78, 5) is 44.9. The van der Waals surface area contributed by atoms with E-state index in [0.29, 0.717) is 54.6 Å². The molecule has 2 aromatic carbocycles. The monoisotopic (exact) mass is 542 g/mol. The van der Waals surface area contributed by atoms with E-state index in [0.717, 1.165) is 5.56 Å². The number of likely N-dealkylation sites (N-methyl/N-ethyl adjacent to an activating group) is 1. The summed E-state index contributed by atoms with van der Waals surface area (Å²) < 4.78 is 19.1. The predicted octanol–water partition coefficient (Wildman–Crippen LogP) is 4.23. The number of urea groups is 1. The summed E-state index contributed by atoms with van der Waals surface area (Å²) in [5, 5.41) is 3.50. The maximum atomic E-state index is 13.7. The van der Waals surface area contributed by atoms with E-state index in [1.54, 1.807) is 47.1 Å². The minimum atomic E-state index is -0.690. The lowest BCUT2D eigenvalue weighted by atomic mass is 9.94. The van der Waals surface area contributed by atoms with E-state index in [1.807, 2.05) is 13.8 Å². The lowest BCUT2D eigenvalue weighted by molar-refractivity contribution is -0.139. The SMILES string of the molecule is CCOC(=O)C1=C(CN2CCN(C(=O)c3cccc(F)c3)[C@H](C)C2)N(CC)C(=O)N[C@H]1c1ccc(Cl)cc1. The van der Waals surface area contributed by atoms with Gasteiger partial charge in [-0.15, -0.1) is 0 Å². The van der Waals surface area contributed by atoms with Gasteiger partial charge in [0.05, 0.1) is 18.2 Å². The van der Waals surface area contributed by atoms with Crippen LogP contribution in [0.2, 0.25) is 5.02 Å². The molecule has 10 heteroatoms. The second-order valence-electron chi connectivity index (χ2n) is 9.35. The average molecular weight is 543 g/mol. The van der Waals surface area contributed by atoms with Gasteiger partial charge in [-0.2, -0.15) is 0 Å². The van der Waals surface area contributed by atoms with Crippen LogP contribution < -0.4 is 5.32 Å². The largest absolute Gasteiger partial charge is 0.463 e. The highest BCUT2D eigenvalue weighted by Gasteiger charge is 2.39. The Balaban J connectivity index is 1.62. The van der Waals surface area contributed by atoms with E-state index in [9.17, 15) is 18.8 Å². The fourth-order valence-corrected chi connectivity index (χ4v) is 5.17. The standard InChI is InChI=1S/C28H32ClFN4O4/c1-4-33-23(17-32-13-14-34(18(3)16-32)26(35)20-7-6-8-22(30)15-20)24(27(36)38-5-2)25(31-28(33)37)19-9-11-21(29)12-10-19/h6-12,15,18,25H,4-5,13-14,16-17H2,1-3H3,(H,31,37)/t18-,25+/m1/s1. The normalized spacial score (nSPS) is 20.4. The number of ether oxygens (including phenoxy) is 1. The topological polar surface area (TPSA) is 82.2 Å². The first-order valence-electron chi connectivity index (χ1n) is 12.8. The number of hydrogen-bond donors (Lipinski definition) is 1. The zero-order chi connectivity index (χ0) is 27.4. The molecule has 1 N–H and O–H groups in total. The molecule has 0 bridgehead atoms. The third kappa shape index (κ3) is 5.84. The van der Waals surface area contributed by atoms with Crippen LogP contribution in [0.4, 0.5) is 9.18 Å². The minimum absolute atomic E-state index is 0.161. The molecule has 2 atom stereocenters. The van der Waals surface area contributed by atoms with Crippen LogP contribution in [0.3, 0.4) is 0 Å². The molecule has 202 valence electrons. The molecule has 38 heavy (non-hydrogen) atoms. The fraction of sp³-hybridized carbons (Fsp3) is 0.393. The van der Waals surface area contributed by atoms with Crippen molar-refractivity contribution in [3.05, 3.63) is 81.8 Å².